The van der Waals surface area contributed by atoms with E-state index in [2.05, 4.69) is 10.8 Å². The molecule has 3 aliphatic rings. The Kier molecular flexibility index (Phi) is 5.60. The molecule has 2 aliphatic carbocycles. The van der Waals surface area contributed by atoms with Crippen LogP contribution < -0.4 is 10.8 Å². The Morgan fingerprint density at radius 2 is 1.91 bits per heavy atom. The van der Waals surface area contributed by atoms with Crippen LogP contribution in [0.4, 0.5) is 0 Å². The molecule has 5 nitrogen and oxygen atoms in total. The summed E-state index contributed by atoms with van der Waals surface area (Å²) in [7, 11) is 0. The van der Waals surface area contributed by atoms with Crippen LogP contribution in [0.3, 0.4) is 0 Å². The molecule has 3 rings (SSSR count). The predicted octanol–water partition coefficient (Wildman–Crippen LogP) is 2.70. The van der Waals surface area contributed by atoms with Crippen LogP contribution in [-0.2, 0) is 9.63 Å². The summed E-state index contributed by atoms with van der Waals surface area (Å²) in [6.45, 7) is 0. The van der Waals surface area contributed by atoms with Crippen LogP contribution in [0, 0.1) is 23.7 Å². The number of nitrogens with one attached hydrogen (secondary N) is 2. The lowest BCUT2D eigenvalue weighted by Crippen LogP contribution is -2.44. The van der Waals surface area contributed by atoms with E-state index in [9.17, 15) is 9.90 Å². The Bertz CT molecular complexity index is 388. The number of hydrogen-bond acceptors (Lipinski definition) is 4. The van der Waals surface area contributed by atoms with Crippen molar-refractivity contribution < 1.29 is 14.7 Å². The highest BCUT2D eigenvalue weighted by atomic mass is 35.5. The highest BCUT2D eigenvalue weighted by Crippen LogP contribution is 2.35. The average molecular weight is 331 g/mol. The first kappa shape index (κ1) is 16.5. The van der Waals surface area contributed by atoms with Gasteiger partial charge in [-0.3, -0.25) is 14.9 Å². The molecule has 126 valence electrons. The van der Waals surface area contributed by atoms with Crippen molar-refractivity contribution in [1.82, 2.24) is 10.8 Å². The number of aliphatic carboxylic acids is 1. The summed E-state index contributed by atoms with van der Waals surface area (Å²) in [5.41, 5.74) is 3.13. The van der Waals surface area contributed by atoms with Gasteiger partial charge in [-0.1, -0.05) is 6.42 Å². The van der Waals surface area contributed by atoms with E-state index in [1.54, 1.807) is 0 Å². The van der Waals surface area contributed by atoms with Gasteiger partial charge in [0.15, 0.2) is 0 Å². The average Bonchev–Trinajstić information content (AvgIpc) is 3.05. The van der Waals surface area contributed by atoms with Crippen LogP contribution in [0.25, 0.3) is 0 Å². The van der Waals surface area contributed by atoms with Crippen LogP contribution in [0.2, 0.25) is 0 Å². The zero-order chi connectivity index (χ0) is 15.5. The van der Waals surface area contributed by atoms with Gasteiger partial charge in [-0.2, -0.15) is 5.48 Å². The Balaban J connectivity index is 1.49. The number of carbonyl (C=O) groups is 1. The second kappa shape index (κ2) is 7.47. The van der Waals surface area contributed by atoms with E-state index in [0.29, 0.717) is 17.8 Å². The molecule has 22 heavy (non-hydrogen) atoms. The fourth-order valence-corrected chi connectivity index (χ4v) is 4.56. The third kappa shape index (κ3) is 3.75. The molecule has 4 atom stereocenters. The normalized spacial score (nSPS) is 43.1. The molecular formula is C16H27ClN2O3. The predicted molar refractivity (Wildman–Crippen MR) is 84.2 cm³/mol. The molecule has 0 aromatic carbocycles. The summed E-state index contributed by atoms with van der Waals surface area (Å²) in [5.74, 6) is 1.47. The van der Waals surface area contributed by atoms with Gasteiger partial charge in [0, 0.05) is 11.8 Å². The minimum Gasteiger partial charge on any atom is -0.481 e. The third-order valence-electron chi connectivity index (χ3n) is 5.74. The van der Waals surface area contributed by atoms with Crippen molar-refractivity contribution in [2.45, 2.75) is 63.8 Å². The van der Waals surface area contributed by atoms with E-state index in [0.717, 1.165) is 44.4 Å². The SMILES string of the molecule is O=C(O)C1CCCC(C2NOC(C3CCC(CCl)CC3)N2)C1. The van der Waals surface area contributed by atoms with Gasteiger partial charge in [-0.25, -0.2) is 0 Å². The highest BCUT2D eigenvalue weighted by Gasteiger charge is 2.39. The molecule has 0 aromatic heterocycles. The molecule has 4 unspecified atom stereocenters. The van der Waals surface area contributed by atoms with Gasteiger partial charge < -0.3 is 5.11 Å². The number of carboxylic acid groups (broad SMARTS) is 1. The third-order valence-corrected chi connectivity index (χ3v) is 6.18. The van der Waals surface area contributed by atoms with E-state index < -0.39 is 5.97 Å². The molecule has 0 radical (unpaired) electrons. The maximum Gasteiger partial charge on any atom is 0.306 e. The Morgan fingerprint density at radius 3 is 2.59 bits per heavy atom. The summed E-state index contributed by atoms with van der Waals surface area (Å²) in [5, 5.41) is 12.8. The van der Waals surface area contributed by atoms with Crippen molar-refractivity contribution in [2.75, 3.05) is 5.88 Å². The topological polar surface area (TPSA) is 70.6 Å². The van der Waals surface area contributed by atoms with Gasteiger partial charge >= 0.3 is 5.97 Å². The molecule has 3 fully saturated rings. The Hall–Kier alpha value is -0.360. The fourth-order valence-electron chi connectivity index (χ4n) is 4.26. The molecule has 3 N–H and O–H groups in total. The van der Waals surface area contributed by atoms with E-state index in [4.69, 9.17) is 16.4 Å². The van der Waals surface area contributed by atoms with E-state index in [1.807, 2.05) is 0 Å². The van der Waals surface area contributed by atoms with Crippen molar-refractivity contribution in [3.8, 4) is 0 Å². The number of hydrogen-bond donors (Lipinski definition) is 3. The van der Waals surface area contributed by atoms with Crippen molar-refractivity contribution in [1.29, 1.82) is 0 Å². The van der Waals surface area contributed by atoms with Crippen molar-refractivity contribution >= 4 is 17.6 Å². The molecule has 1 heterocycles. The van der Waals surface area contributed by atoms with E-state index in [1.165, 1.54) is 12.8 Å². The molecule has 2 saturated carbocycles. The standard InChI is InChI=1S/C16H27ClN2O3/c17-9-10-4-6-11(7-5-10)15-18-14(19-22-15)12-2-1-3-13(8-12)16(20)21/h10-15,18-19H,1-9H2,(H,20,21). The van der Waals surface area contributed by atoms with Crippen molar-refractivity contribution in [3.05, 3.63) is 0 Å². The lowest BCUT2D eigenvalue weighted by Gasteiger charge is -2.32. The Labute approximate surface area is 137 Å². The van der Waals surface area contributed by atoms with Crippen LogP contribution in [-0.4, -0.2) is 29.3 Å². The second-order valence-corrected chi connectivity index (χ2v) is 7.51. The van der Waals surface area contributed by atoms with Crippen molar-refractivity contribution in [2.24, 2.45) is 23.7 Å². The minimum atomic E-state index is -0.653. The van der Waals surface area contributed by atoms with Gasteiger partial charge in [-0.15, -0.1) is 11.6 Å². The lowest BCUT2D eigenvalue weighted by molar-refractivity contribution is -0.143. The number of rotatable bonds is 4. The summed E-state index contributed by atoms with van der Waals surface area (Å²) in [6, 6.07) is 0. The quantitative estimate of drug-likeness (QED) is 0.691. The monoisotopic (exact) mass is 330 g/mol. The molecule has 1 aliphatic heterocycles. The molecule has 0 spiro atoms. The minimum absolute atomic E-state index is 0.0616. The zero-order valence-corrected chi connectivity index (χ0v) is 13.7. The molecule has 6 heteroatoms. The first-order valence-electron chi connectivity index (χ1n) is 8.63. The van der Waals surface area contributed by atoms with E-state index in [-0.39, 0.29) is 18.3 Å². The first-order valence-corrected chi connectivity index (χ1v) is 9.16. The number of carboxylic acids is 1. The smallest absolute Gasteiger partial charge is 0.306 e. The van der Waals surface area contributed by atoms with Gasteiger partial charge in [0.05, 0.1) is 12.1 Å². The van der Waals surface area contributed by atoms with E-state index >= 15 is 0 Å². The van der Waals surface area contributed by atoms with Gasteiger partial charge in [0.1, 0.15) is 6.23 Å². The largest absolute Gasteiger partial charge is 0.481 e. The van der Waals surface area contributed by atoms with Gasteiger partial charge in [-0.05, 0) is 56.8 Å². The molecule has 0 bridgehead atoms. The van der Waals surface area contributed by atoms with Gasteiger partial charge in [0.2, 0.25) is 0 Å². The Morgan fingerprint density at radius 1 is 1.14 bits per heavy atom. The summed E-state index contributed by atoms with van der Waals surface area (Å²) in [4.78, 5) is 17.0. The molecular weight excluding hydrogens is 304 g/mol. The van der Waals surface area contributed by atoms with Crippen LogP contribution in [0.15, 0.2) is 0 Å². The molecule has 1 saturated heterocycles. The van der Waals surface area contributed by atoms with Gasteiger partial charge in [0.25, 0.3) is 0 Å². The maximum atomic E-state index is 11.2. The zero-order valence-electron chi connectivity index (χ0n) is 13.0. The van der Waals surface area contributed by atoms with Crippen molar-refractivity contribution in [3.63, 3.8) is 0 Å². The molecule has 0 amide bonds. The maximum absolute atomic E-state index is 11.2. The lowest BCUT2D eigenvalue weighted by atomic mass is 9.79. The summed E-state index contributed by atoms with van der Waals surface area (Å²) < 4.78 is 0. The number of halogens is 1. The molecule has 0 aromatic rings. The summed E-state index contributed by atoms with van der Waals surface area (Å²) >= 11 is 5.94. The fraction of sp³-hybridized carbons (Fsp3) is 0.938. The number of hydroxylamine groups is 1. The second-order valence-electron chi connectivity index (χ2n) is 7.20. The van der Waals surface area contributed by atoms with Crippen LogP contribution >= 0.6 is 11.6 Å². The number of alkyl halides is 1. The highest BCUT2D eigenvalue weighted by molar-refractivity contribution is 6.18. The summed E-state index contributed by atoms with van der Waals surface area (Å²) in [6.07, 6.45) is 8.47. The van der Waals surface area contributed by atoms with Crippen LogP contribution in [0.1, 0.15) is 51.4 Å². The van der Waals surface area contributed by atoms with Crippen LogP contribution in [0.5, 0.6) is 0 Å². The first-order chi connectivity index (χ1) is 10.7.